The molecule has 2 amide bonds. The highest BCUT2D eigenvalue weighted by Gasteiger charge is 2.33. The predicted molar refractivity (Wildman–Crippen MR) is 179 cm³/mol. The van der Waals surface area contributed by atoms with Crippen molar-refractivity contribution in [3.05, 3.63) is 65.0 Å². The van der Waals surface area contributed by atoms with Gasteiger partial charge in [-0.2, -0.15) is 0 Å². The molecule has 250 valence electrons. The summed E-state index contributed by atoms with van der Waals surface area (Å²) in [6, 6.07) is 12.1. The van der Waals surface area contributed by atoms with Gasteiger partial charge in [-0.05, 0) is 53.7 Å². The molecule has 0 saturated heterocycles. The lowest BCUT2D eigenvalue weighted by Gasteiger charge is -2.29. The summed E-state index contributed by atoms with van der Waals surface area (Å²) in [6.45, 7) is 10.9. The van der Waals surface area contributed by atoms with Crippen molar-refractivity contribution in [2.75, 3.05) is 44.1 Å². The van der Waals surface area contributed by atoms with E-state index in [2.05, 4.69) is 9.97 Å². The number of carbonyl (C=O) groups is 2. The van der Waals surface area contributed by atoms with Gasteiger partial charge in [0.05, 0.1) is 17.7 Å². The van der Waals surface area contributed by atoms with Crippen LogP contribution in [0.1, 0.15) is 41.5 Å². The van der Waals surface area contributed by atoms with Crippen LogP contribution < -0.4 is 14.5 Å². The molecule has 0 bridgehead atoms. The summed E-state index contributed by atoms with van der Waals surface area (Å²) in [5.41, 5.74) is 0.504. The van der Waals surface area contributed by atoms with E-state index in [1.54, 1.807) is 66.6 Å². The first-order valence-electron chi connectivity index (χ1n) is 14.9. The van der Waals surface area contributed by atoms with Crippen LogP contribution in [0.4, 0.5) is 32.6 Å². The maximum atomic E-state index is 13.8. The molecule has 0 fully saturated rings. The van der Waals surface area contributed by atoms with Gasteiger partial charge in [0.1, 0.15) is 28.3 Å². The summed E-state index contributed by atoms with van der Waals surface area (Å²) >= 11 is 0. The van der Waals surface area contributed by atoms with Crippen LogP contribution in [0.2, 0.25) is 0 Å². The first-order chi connectivity index (χ1) is 22.0. The highest BCUT2D eigenvalue weighted by molar-refractivity contribution is 5.99. The Balaban J connectivity index is 1.78. The third-order valence-electron chi connectivity index (χ3n) is 6.89. The van der Waals surface area contributed by atoms with Gasteiger partial charge in [-0.15, -0.1) is 0 Å². The summed E-state index contributed by atoms with van der Waals surface area (Å²) in [5.74, 6) is 0.0552. The van der Waals surface area contributed by atoms with E-state index in [-0.39, 0.29) is 41.8 Å². The van der Waals surface area contributed by atoms with Crippen LogP contribution >= 0.6 is 0 Å². The number of aromatic nitrogens is 3. The molecule has 47 heavy (non-hydrogen) atoms. The van der Waals surface area contributed by atoms with Crippen LogP contribution in [0.15, 0.2) is 54.9 Å². The molecule has 14 heteroatoms. The third kappa shape index (κ3) is 8.26. The van der Waals surface area contributed by atoms with Crippen molar-refractivity contribution in [1.82, 2.24) is 19.9 Å². The number of nitro groups is 1. The van der Waals surface area contributed by atoms with Crippen molar-refractivity contribution in [1.29, 1.82) is 0 Å². The topological polar surface area (TPSA) is 156 Å². The molecule has 0 aliphatic heterocycles. The van der Waals surface area contributed by atoms with Crippen molar-refractivity contribution in [3.8, 4) is 17.0 Å². The minimum absolute atomic E-state index is 0.00699. The van der Waals surface area contributed by atoms with E-state index >= 15 is 0 Å². The van der Waals surface area contributed by atoms with E-state index in [4.69, 9.17) is 19.2 Å². The lowest BCUT2D eigenvalue weighted by molar-refractivity contribution is -0.384. The summed E-state index contributed by atoms with van der Waals surface area (Å²) in [7, 11) is 4.63. The number of nitrogens with zero attached hydrogens (tertiary/aromatic N) is 6. The average Bonchev–Trinajstić information content (AvgIpc) is 3.42. The summed E-state index contributed by atoms with van der Waals surface area (Å²) in [4.78, 5) is 54.5. The Bertz CT molecular complexity index is 1780. The quantitative estimate of drug-likeness (QED) is 0.149. The third-order valence-corrected chi connectivity index (χ3v) is 6.89. The Kier molecular flexibility index (Phi) is 9.92. The van der Waals surface area contributed by atoms with Gasteiger partial charge >= 0.3 is 12.2 Å². The minimum Gasteiger partial charge on any atom is -0.494 e. The number of likely N-dealkylation sites (N-methyl/N-ethyl adjacent to an activating group) is 2. The number of methoxy groups -OCH3 is 1. The lowest BCUT2D eigenvalue weighted by Crippen LogP contribution is -2.38. The number of amides is 2. The Labute approximate surface area is 273 Å². The first-order valence-corrected chi connectivity index (χ1v) is 14.9. The fraction of sp³-hybridized carbons (Fsp3) is 0.394. The van der Waals surface area contributed by atoms with Gasteiger partial charge in [0, 0.05) is 68.2 Å². The van der Waals surface area contributed by atoms with Crippen molar-refractivity contribution in [2.45, 2.75) is 52.7 Å². The molecule has 2 heterocycles. The number of hydrogen-bond acceptors (Lipinski definition) is 10. The molecule has 0 radical (unpaired) electrons. The molecule has 1 N–H and O–H groups in total. The van der Waals surface area contributed by atoms with Crippen molar-refractivity contribution in [2.24, 2.45) is 0 Å². The van der Waals surface area contributed by atoms with E-state index in [0.717, 1.165) is 21.4 Å². The Morgan fingerprint density at radius 3 is 2.23 bits per heavy atom. The molecule has 14 nitrogen and oxygen atoms in total. The number of carbonyl (C=O) groups excluding carboxylic acids is 2. The molecule has 0 aliphatic rings. The van der Waals surface area contributed by atoms with E-state index in [1.165, 1.54) is 30.3 Å². The molecule has 2 aromatic carbocycles. The van der Waals surface area contributed by atoms with Gasteiger partial charge in [0.2, 0.25) is 5.95 Å². The number of nitro benzene ring substituents is 1. The number of fused-ring (bicyclic) bond motifs is 1. The number of para-hydroxylation sites is 1. The molecule has 4 rings (SSSR count). The van der Waals surface area contributed by atoms with Crippen molar-refractivity contribution < 1.29 is 28.7 Å². The number of H-pyrrole nitrogens is 1. The fourth-order valence-corrected chi connectivity index (χ4v) is 4.67. The van der Waals surface area contributed by atoms with Crippen LogP contribution in [-0.2, 0) is 9.47 Å². The summed E-state index contributed by atoms with van der Waals surface area (Å²) < 4.78 is 16.8. The SMILES string of the molecule is COc1cc(N(C)CCN(C)C(=O)OC(C)(C)C)c([N+](=O)[O-])cc1N(C(=O)OC(C)(C)C)c1nccc(-c2c[nH]c3ccccc23)n1. The highest BCUT2D eigenvalue weighted by Crippen LogP contribution is 2.42. The smallest absolute Gasteiger partial charge is 0.422 e. The van der Waals surface area contributed by atoms with Gasteiger partial charge < -0.3 is 29.0 Å². The van der Waals surface area contributed by atoms with Gasteiger partial charge in [-0.3, -0.25) is 10.1 Å². The highest BCUT2D eigenvalue weighted by atomic mass is 16.6. The van der Waals surface area contributed by atoms with Crippen molar-refractivity contribution >= 4 is 46.1 Å². The van der Waals surface area contributed by atoms with E-state index in [9.17, 15) is 19.7 Å². The maximum Gasteiger partial charge on any atom is 0.422 e. The zero-order chi connectivity index (χ0) is 34.7. The molecule has 0 spiro atoms. The molecule has 0 unspecified atom stereocenters. The Hall–Kier alpha value is -5.40. The van der Waals surface area contributed by atoms with E-state index in [0.29, 0.717) is 5.69 Å². The standard InChI is InChI=1S/C33H41N7O7/c1-32(2,3)46-30(41)38(8)17-16-37(7)25-19-28(45-9)27(18-26(25)40(43)44)39(31(42)47-33(4,5)6)29-34-15-14-24(36-29)22-20-35-23-13-11-10-12-21(22)23/h10-15,18-20,35H,16-17H2,1-9H3. The zero-order valence-electron chi connectivity index (χ0n) is 28.2. The molecule has 0 saturated carbocycles. The average molecular weight is 648 g/mol. The number of ether oxygens (including phenoxy) is 3. The van der Waals surface area contributed by atoms with Crippen LogP contribution in [0.25, 0.3) is 22.2 Å². The Morgan fingerprint density at radius 2 is 1.60 bits per heavy atom. The molecular formula is C33H41N7O7. The number of aromatic amines is 1. The Morgan fingerprint density at radius 1 is 0.936 bits per heavy atom. The number of nitrogens with one attached hydrogen (secondary N) is 1. The monoisotopic (exact) mass is 647 g/mol. The van der Waals surface area contributed by atoms with Gasteiger partial charge in [0.25, 0.3) is 5.69 Å². The fourth-order valence-electron chi connectivity index (χ4n) is 4.67. The zero-order valence-corrected chi connectivity index (χ0v) is 28.2. The molecule has 0 aliphatic carbocycles. The number of rotatable bonds is 9. The van der Waals surface area contributed by atoms with Crippen LogP contribution in [0, 0.1) is 10.1 Å². The second-order valence-electron chi connectivity index (χ2n) is 12.9. The van der Waals surface area contributed by atoms with Crippen LogP contribution in [0.5, 0.6) is 5.75 Å². The summed E-state index contributed by atoms with van der Waals surface area (Å²) in [5, 5.41) is 13.4. The van der Waals surface area contributed by atoms with E-state index < -0.39 is 28.3 Å². The number of anilines is 3. The van der Waals surface area contributed by atoms with Crippen molar-refractivity contribution in [3.63, 3.8) is 0 Å². The maximum absolute atomic E-state index is 13.8. The molecule has 0 atom stereocenters. The normalized spacial score (nSPS) is 11.6. The predicted octanol–water partition coefficient (Wildman–Crippen LogP) is 6.92. The molecule has 2 aromatic heterocycles. The minimum atomic E-state index is -0.913. The second kappa shape index (κ2) is 13.5. The largest absolute Gasteiger partial charge is 0.494 e. The number of hydrogen-bond donors (Lipinski definition) is 1. The van der Waals surface area contributed by atoms with Gasteiger partial charge in [-0.1, -0.05) is 18.2 Å². The molecule has 4 aromatic rings. The van der Waals surface area contributed by atoms with Crippen LogP contribution in [-0.4, -0.2) is 82.5 Å². The summed E-state index contributed by atoms with van der Waals surface area (Å²) in [6.07, 6.45) is 1.93. The van der Waals surface area contributed by atoms with Gasteiger partial charge in [-0.25, -0.2) is 24.5 Å². The van der Waals surface area contributed by atoms with E-state index in [1.807, 2.05) is 30.5 Å². The second-order valence-corrected chi connectivity index (χ2v) is 12.9. The molecular weight excluding hydrogens is 606 g/mol. The lowest BCUT2D eigenvalue weighted by atomic mass is 10.1. The van der Waals surface area contributed by atoms with Crippen LogP contribution in [0.3, 0.4) is 0 Å². The first kappa shape index (κ1) is 34.5. The van der Waals surface area contributed by atoms with Gasteiger partial charge in [0.15, 0.2) is 0 Å². The number of benzene rings is 2.